The second-order valence-corrected chi connectivity index (χ2v) is 68.1. The van der Waals surface area contributed by atoms with Gasteiger partial charge in [-0.3, -0.25) is 4.79 Å². The van der Waals surface area contributed by atoms with Crippen LogP contribution < -0.4 is 15.9 Å². The van der Waals surface area contributed by atoms with Crippen LogP contribution >= 0.6 is 60.2 Å². The summed E-state index contributed by atoms with van der Waals surface area (Å²) < 4.78 is 0. The second-order valence-electron chi connectivity index (χ2n) is 7.72. The average Bonchev–Trinajstić information content (AvgIpc) is 2.83. The molecule has 9 heteroatoms. The van der Waals surface area contributed by atoms with E-state index in [1.54, 1.807) is 0 Å². The topological polar surface area (TPSA) is 17.1 Å². The molecule has 35 heavy (non-hydrogen) atoms. The molecule has 0 bridgehead atoms. The number of Topliss-reactive ketones (excluding diaryl/α,β-unsaturated/α-hetero) is 1. The summed E-state index contributed by atoms with van der Waals surface area (Å²) in [6.07, 6.45) is 0.481. The first-order valence-electron chi connectivity index (χ1n) is 10.5. The van der Waals surface area contributed by atoms with Gasteiger partial charge in [-0.05, 0) is 36.4 Å². The number of benzene rings is 4. The van der Waals surface area contributed by atoms with Crippen molar-refractivity contribution >= 4 is 91.1 Å². The van der Waals surface area contributed by atoms with E-state index in [-0.39, 0.29) is 5.78 Å². The molecule has 0 saturated heterocycles. The maximum atomic E-state index is 13.4. The van der Waals surface area contributed by atoms with Crippen molar-refractivity contribution in [1.82, 2.24) is 0 Å². The number of ketones is 1. The summed E-state index contributed by atoms with van der Waals surface area (Å²) in [6.45, 7) is 0. The van der Waals surface area contributed by atoms with E-state index >= 15 is 0 Å². The van der Waals surface area contributed by atoms with Gasteiger partial charge in [0.25, 0.3) is 0 Å². The molecule has 0 atom stereocenters. The molecule has 0 unspecified atom stereocenters. The number of hydrogen-bond donors (Lipinski definition) is 0. The first-order chi connectivity index (χ1) is 16.3. The van der Waals surface area contributed by atoms with Gasteiger partial charge in [0, 0.05) is 5.56 Å². The van der Waals surface area contributed by atoms with Crippen molar-refractivity contribution in [2.75, 3.05) is 6.16 Å². The van der Waals surface area contributed by atoms with E-state index in [4.69, 9.17) is 53.0 Å². The molecule has 0 N–H and O–H groups in total. The Morgan fingerprint density at radius 1 is 0.514 bits per heavy atom. The molecule has 4 aromatic carbocycles. The van der Waals surface area contributed by atoms with Crippen molar-refractivity contribution in [2.24, 2.45) is 0 Å². The van der Waals surface area contributed by atoms with Gasteiger partial charge >= 0.3 is 62.1 Å². The van der Waals surface area contributed by atoms with Crippen molar-refractivity contribution < 1.29 is 4.79 Å². The Morgan fingerprint density at radius 3 is 1.06 bits per heavy atom. The molecule has 1 nitrogen and oxygen atoms in total. The molecule has 184 valence electrons. The normalized spacial score (nSPS) is 13.5. The Kier molecular flexibility index (Phi) is 9.24. The third-order valence-corrected chi connectivity index (χ3v) is 9.37. The SMILES string of the molecule is O=C(C[P+](c1ccccc1)(c1ccccc1)c1ccccc1)c1ccccc1.[Cl][Sb-]([Cl])([Cl])([Cl])([Cl])[Cl]. The predicted molar refractivity (Wildman–Crippen MR) is 162 cm³/mol. The number of carbonyl (C=O) groups excluding carboxylic acids is 1. The zero-order valence-corrected chi connectivity index (χ0v) is 26.3. The fourth-order valence-corrected chi connectivity index (χ4v) is 7.80. The monoisotopic (exact) mass is 712 g/mol. The zero-order chi connectivity index (χ0) is 25.6. The Morgan fingerprint density at radius 2 is 0.771 bits per heavy atom. The van der Waals surface area contributed by atoms with Crippen LogP contribution in [0, 0.1) is 0 Å². The third kappa shape index (κ3) is 9.73. The number of carbonyl (C=O) groups is 1. The first-order valence-corrected chi connectivity index (χ1v) is 31.8. The fourth-order valence-electron chi connectivity index (χ4n) is 3.70. The molecule has 0 saturated carbocycles. The molecule has 0 fully saturated rings. The summed E-state index contributed by atoms with van der Waals surface area (Å²) in [5, 5.41) is 3.70. The van der Waals surface area contributed by atoms with Crippen LogP contribution in [0.4, 0.5) is 0 Å². The summed E-state index contributed by atoms with van der Waals surface area (Å²) in [7, 11) is 22.8. The Bertz CT molecular complexity index is 1140. The van der Waals surface area contributed by atoms with Crippen LogP contribution in [-0.2, 0) is 0 Å². The molecule has 0 amide bonds. The van der Waals surface area contributed by atoms with E-state index in [1.165, 1.54) is 15.9 Å². The molecular weight excluding hydrogens is 694 g/mol. The van der Waals surface area contributed by atoms with Gasteiger partial charge in [-0.1, -0.05) is 84.9 Å². The fraction of sp³-hybridized carbons (Fsp3) is 0.0385. The van der Waals surface area contributed by atoms with Gasteiger partial charge in [-0.25, -0.2) is 0 Å². The van der Waals surface area contributed by atoms with E-state index < -0.39 is 16.4 Å². The molecule has 0 aliphatic heterocycles. The minimum atomic E-state index is -5.42. The van der Waals surface area contributed by atoms with E-state index in [2.05, 4.69) is 72.8 Å². The molecule has 4 aromatic rings. The van der Waals surface area contributed by atoms with Gasteiger partial charge in [0.05, 0.1) is 0 Å². The van der Waals surface area contributed by atoms with Crippen LogP contribution in [0.15, 0.2) is 121 Å². The van der Waals surface area contributed by atoms with E-state index in [1.807, 2.05) is 48.5 Å². The van der Waals surface area contributed by atoms with Gasteiger partial charge in [0.2, 0.25) is 5.78 Å². The van der Waals surface area contributed by atoms with Crippen molar-refractivity contribution in [2.45, 2.75) is 0 Å². The van der Waals surface area contributed by atoms with Gasteiger partial charge in [-0.2, -0.15) is 0 Å². The zero-order valence-electron chi connectivity index (χ0n) is 18.3. The van der Waals surface area contributed by atoms with Crippen molar-refractivity contribution in [1.29, 1.82) is 0 Å². The molecule has 0 aromatic heterocycles. The van der Waals surface area contributed by atoms with Gasteiger partial charge in [0.1, 0.15) is 29.3 Å². The maximum absolute atomic E-state index is 13.4. The second kappa shape index (κ2) is 11.1. The van der Waals surface area contributed by atoms with E-state index in [9.17, 15) is 4.79 Å². The van der Waals surface area contributed by atoms with Crippen LogP contribution in [0.1, 0.15) is 10.4 Å². The first kappa shape index (κ1) is 29.1. The number of halogens is 6. The van der Waals surface area contributed by atoms with Gasteiger partial charge in [-0.15, -0.1) is 0 Å². The van der Waals surface area contributed by atoms with Crippen molar-refractivity contribution in [3.8, 4) is 0 Å². The Hall–Kier alpha value is -0.462. The standard InChI is InChI=1S/C26H22OP.6ClH.Sb/c27-26(22-13-5-1-6-14-22)21-28(23-15-7-2-8-16-23,24-17-9-3-10-18-24)25-19-11-4-12-20-25;;;;;;;/h1-20H,21H2;6*1H;/q+1;;;;;;;+5/p-6. The molecule has 4 rings (SSSR count). The van der Waals surface area contributed by atoms with Crippen LogP contribution in [0.3, 0.4) is 0 Å². The van der Waals surface area contributed by atoms with Gasteiger partial charge < -0.3 is 0 Å². The molecule has 0 radical (unpaired) electrons. The molecular formula is C26H22Cl6OPSb. The Balaban J connectivity index is 0.000000429. The molecule has 0 spiro atoms. The summed E-state index contributed by atoms with van der Waals surface area (Å²) in [5.74, 6) is 0.186. The summed E-state index contributed by atoms with van der Waals surface area (Å²) >= 11 is 0. The van der Waals surface area contributed by atoms with Crippen LogP contribution in [0.2, 0.25) is 0 Å². The minimum absolute atomic E-state index is 0.186. The molecule has 0 aliphatic carbocycles. The van der Waals surface area contributed by atoms with Crippen molar-refractivity contribution in [3.05, 3.63) is 127 Å². The number of hydrogen-bond acceptors (Lipinski definition) is 1. The van der Waals surface area contributed by atoms with Crippen LogP contribution in [-0.4, -0.2) is 21.1 Å². The summed E-state index contributed by atoms with van der Waals surface area (Å²) in [5.41, 5.74) is 0.773. The summed E-state index contributed by atoms with van der Waals surface area (Å²) in [6, 6.07) is 41.2. The van der Waals surface area contributed by atoms with Crippen molar-refractivity contribution in [3.63, 3.8) is 0 Å². The Labute approximate surface area is 226 Å². The van der Waals surface area contributed by atoms with E-state index in [0.29, 0.717) is 6.16 Å². The summed E-state index contributed by atoms with van der Waals surface area (Å²) in [4.78, 5) is 13.4. The molecule has 0 aliphatic rings. The molecule has 0 heterocycles. The van der Waals surface area contributed by atoms with Crippen LogP contribution in [0.5, 0.6) is 0 Å². The third-order valence-electron chi connectivity index (χ3n) is 5.07. The van der Waals surface area contributed by atoms with Gasteiger partial charge in [0.15, 0.2) is 0 Å². The average molecular weight is 716 g/mol. The predicted octanol–water partition coefficient (Wildman–Crippen LogP) is 8.62. The van der Waals surface area contributed by atoms with E-state index in [0.717, 1.165) is 5.56 Å². The van der Waals surface area contributed by atoms with Crippen LogP contribution in [0.25, 0.3) is 0 Å². The quantitative estimate of drug-likeness (QED) is 0.111. The number of rotatable bonds is 6.